The quantitative estimate of drug-likeness (QED) is 0.693. The second kappa shape index (κ2) is 7.22. The monoisotopic (exact) mass is 260 g/mol. The fraction of sp³-hybridized carbons (Fsp3) is 0.667. The highest BCUT2D eigenvalue weighted by molar-refractivity contribution is 6.88. The SMILES string of the molecule is C.C.C=C[Si]1(C)CCCCO[Si](C)(C=C)O1. The van der Waals surface area contributed by atoms with Crippen LogP contribution in [0, 0.1) is 0 Å². The summed E-state index contributed by atoms with van der Waals surface area (Å²) >= 11 is 0. The van der Waals surface area contributed by atoms with E-state index in [0.29, 0.717) is 0 Å². The van der Waals surface area contributed by atoms with Crippen molar-refractivity contribution in [3.05, 3.63) is 24.6 Å². The average molecular weight is 261 g/mol. The summed E-state index contributed by atoms with van der Waals surface area (Å²) in [6.45, 7) is 12.8. The number of rotatable bonds is 2. The van der Waals surface area contributed by atoms with Crippen LogP contribution < -0.4 is 0 Å². The van der Waals surface area contributed by atoms with Crippen molar-refractivity contribution in [3.63, 3.8) is 0 Å². The number of hydrogen-bond acceptors (Lipinski definition) is 2. The summed E-state index contributed by atoms with van der Waals surface area (Å²) in [4.78, 5) is 0. The van der Waals surface area contributed by atoms with Crippen molar-refractivity contribution in [3.8, 4) is 0 Å². The lowest BCUT2D eigenvalue weighted by molar-refractivity contribution is 0.237. The lowest BCUT2D eigenvalue weighted by atomic mass is 10.4. The van der Waals surface area contributed by atoms with E-state index in [4.69, 9.17) is 8.54 Å². The highest BCUT2D eigenvalue weighted by Crippen LogP contribution is 2.25. The fourth-order valence-electron chi connectivity index (χ4n) is 1.64. The third-order valence-electron chi connectivity index (χ3n) is 2.69. The molecule has 0 spiro atoms. The minimum absolute atomic E-state index is 0. The van der Waals surface area contributed by atoms with Crippen LogP contribution in [-0.2, 0) is 8.54 Å². The van der Waals surface area contributed by atoms with E-state index in [1.54, 1.807) is 0 Å². The molecule has 0 aromatic carbocycles. The van der Waals surface area contributed by atoms with E-state index in [2.05, 4.69) is 26.3 Å². The molecule has 1 saturated heterocycles. The number of hydrogen-bond donors (Lipinski definition) is 0. The normalized spacial score (nSPS) is 34.6. The molecule has 1 fully saturated rings. The first-order chi connectivity index (χ1) is 6.54. The van der Waals surface area contributed by atoms with Gasteiger partial charge in [0.25, 0.3) is 0 Å². The molecule has 4 heteroatoms. The zero-order chi connectivity index (χ0) is 10.7. The predicted molar refractivity (Wildman–Crippen MR) is 78.2 cm³/mol. The highest BCUT2D eigenvalue weighted by atomic mass is 28.4. The van der Waals surface area contributed by atoms with Gasteiger partial charge in [-0.3, -0.25) is 0 Å². The van der Waals surface area contributed by atoms with E-state index in [0.717, 1.165) is 19.1 Å². The third-order valence-corrected chi connectivity index (χ3v) is 9.91. The minimum atomic E-state index is -2.10. The van der Waals surface area contributed by atoms with Crippen LogP contribution in [0.2, 0.25) is 19.1 Å². The van der Waals surface area contributed by atoms with E-state index >= 15 is 0 Å². The first-order valence-corrected chi connectivity index (χ1v) is 10.2. The lowest BCUT2D eigenvalue weighted by Crippen LogP contribution is -2.49. The Balaban J connectivity index is 0. The van der Waals surface area contributed by atoms with Crippen molar-refractivity contribution in [2.45, 2.75) is 46.8 Å². The summed E-state index contributed by atoms with van der Waals surface area (Å²) in [5.74, 6) is 0. The maximum absolute atomic E-state index is 6.18. The molecule has 2 unspecified atom stereocenters. The molecule has 1 rings (SSSR count). The maximum Gasteiger partial charge on any atom is 0.351 e. The van der Waals surface area contributed by atoms with Crippen LogP contribution in [0.5, 0.6) is 0 Å². The molecule has 16 heavy (non-hydrogen) atoms. The van der Waals surface area contributed by atoms with Gasteiger partial charge < -0.3 is 8.54 Å². The van der Waals surface area contributed by atoms with Gasteiger partial charge >= 0.3 is 8.56 Å². The van der Waals surface area contributed by atoms with Crippen LogP contribution in [0.15, 0.2) is 24.6 Å². The van der Waals surface area contributed by atoms with Crippen molar-refractivity contribution in [1.82, 2.24) is 0 Å². The Morgan fingerprint density at radius 3 is 2.19 bits per heavy atom. The van der Waals surface area contributed by atoms with Gasteiger partial charge in [0, 0.05) is 6.61 Å². The van der Waals surface area contributed by atoms with Gasteiger partial charge in [0.2, 0.25) is 8.32 Å². The van der Waals surface area contributed by atoms with Gasteiger partial charge in [-0.25, -0.2) is 0 Å². The zero-order valence-corrected chi connectivity index (χ0v) is 11.2. The summed E-state index contributed by atoms with van der Waals surface area (Å²) in [6.07, 6.45) is 2.33. The summed E-state index contributed by atoms with van der Waals surface area (Å²) < 4.78 is 12.0. The molecule has 0 amide bonds. The minimum Gasteiger partial charge on any atom is -0.429 e. The Morgan fingerprint density at radius 1 is 1.06 bits per heavy atom. The van der Waals surface area contributed by atoms with Crippen molar-refractivity contribution < 1.29 is 8.54 Å². The third kappa shape index (κ3) is 4.78. The van der Waals surface area contributed by atoms with E-state index in [-0.39, 0.29) is 14.9 Å². The Labute approximate surface area is 104 Å². The molecule has 2 nitrogen and oxygen atoms in total. The van der Waals surface area contributed by atoms with Gasteiger partial charge in [-0.05, 0) is 25.6 Å². The van der Waals surface area contributed by atoms with Gasteiger partial charge in [-0.1, -0.05) is 32.7 Å². The van der Waals surface area contributed by atoms with Gasteiger partial charge in [0.1, 0.15) is 0 Å². The van der Waals surface area contributed by atoms with Crippen molar-refractivity contribution >= 4 is 16.9 Å². The van der Waals surface area contributed by atoms with Gasteiger partial charge in [0.15, 0.2) is 0 Å². The Bertz CT molecular complexity index is 211. The van der Waals surface area contributed by atoms with Crippen LogP contribution in [0.4, 0.5) is 0 Å². The van der Waals surface area contributed by atoms with Crippen molar-refractivity contribution in [1.29, 1.82) is 0 Å². The Morgan fingerprint density at radius 2 is 1.69 bits per heavy atom. The summed E-state index contributed by atoms with van der Waals surface area (Å²) in [5.41, 5.74) is 3.91. The highest BCUT2D eigenvalue weighted by Gasteiger charge is 2.38. The molecule has 96 valence electrons. The molecule has 0 saturated carbocycles. The molecule has 1 aliphatic rings. The van der Waals surface area contributed by atoms with Crippen LogP contribution in [0.3, 0.4) is 0 Å². The lowest BCUT2D eigenvalue weighted by Gasteiger charge is -2.36. The molecule has 1 aliphatic heterocycles. The Kier molecular flexibility index (Phi) is 8.21. The molecule has 0 radical (unpaired) electrons. The Hall–Kier alpha value is -0.166. The van der Waals surface area contributed by atoms with Crippen LogP contribution in [0.1, 0.15) is 27.7 Å². The summed E-state index contributed by atoms with van der Waals surface area (Å²) in [7, 11) is -3.82. The topological polar surface area (TPSA) is 18.5 Å². The first-order valence-electron chi connectivity index (χ1n) is 5.15. The smallest absolute Gasteiger partial charge is 0.351 e. The van der Waals surface area contributed by atoms with Crippen LogP contribution in [-0.4, -0.2) is 23.5 Å². The largest absolute Gasteiger partial charge is 0.429 e. The maximum atomic E-state index is 6.18. The molecule has 0 aromatic heterocycles. The first kappa shape index (κ1) is 18.2. The fourth-order valence-corrected chi connectivity index (χ4v) is 8.48. The van der Waals surface area contributed by atoms with Crippen molar-refractivity contribution in [2.75, 3.05) is 6.61 Å². The molecule has 2 atom stereocenters. The predicted octanol–water partition coefficient (Wildman–Crippen LogP) is 4.18. The molecule has 0 N–H and O–H groups in total. The molecule has 1 heterocycles. The molecule has 0 aromatic rings. The van der Waals surface area contributed by atoms with Gasteiger partial charge in [0.05, 0.1) is 0 Å². The van der Waals surface area contributed by atoms with Crippen LogP contribution >= 0.6 is 0 Å². The second-order valence-electron chi connectivity index (χ2n) is 4.14. The molecule has 0 aliphatic carbocycles. The van der Waals surface area contributed by atoms with Gasteiger partial charge in [-0.15, -0.1) is 13.2 Å². The molecular formula is C12H28O2Si2. The molecule has 0 bridgehead atoms. The van der Waals surface area contributed by atoms with Crippen molar-refractivity contribution in [2.24, 2.45) is 0 Å². The molecular weight excluding hydrogens is 232 g/mol. The summed E-state index contributed by atoms with van der Waals surface area (Å²) in [5, 5.41) is 0. The second-order valence-corrected chi connectivity index (χ2v) is 11.2. The van der Waals surface area contributed by atoms with E-state index in [1.807, 2.05) is 11.4 Å². The van der Waals surface area contributed by atoms with E-state index in [9.17, 15) is 0 Å². The average Bonchev–Trinajstić information content (AvgIpc) is 2.15. The van der Waals surface area contributed by atoms with Gasteiger partial charge in [-0.2, -0.15) is 0 Å². The van der Waals surface area contributed by atoms with E-state index < -0.39 is 16.9 Å². The zero-order valence-electron chi connectivity index (χ0n) is 9.21. The van der Waals surface area contributed by atoms with E-state index in [1.165, 1.54) is 6.42 Å². The standard InChI is InChI=1S/C10H20O2Si2.2CH4/c1-5-13(3)10-8-7-9-11-14(4,6-2)12-13;;/h5-6H,1-2,7-10H2,3-4H3;2*1H4. The summed E-state index contributed by atoms with van der Waals surface area (Å²) in [6, 6.07) is 1.16. The van der Waals surface area contributed by atoms with Crippen LogP contribution in [0.25, 0.3) is 0 Å².